The van der Waals surface area contributed by atoms with Crippen molar-refractivity contribution in [3.05, 3.63) is 35.9 Å². The van der Waals surface area contributed by atoms with Gasteiger partial charge in [0.05, 0.1) is 0 Å². The quantitative estimate of drug-likeness (QED) is 0.581. The van der Waals surface area contributed by atoms with Gasteiger partial charge in [0, 0.05) is 13.0 Å². The van der Waals surface area contributed by atoms with Crippen LogP contribution in [0.2, 0.25) is 0 Å². The third-order valence-electron chi connectivity index (χ3n) is 3.09. The van der Waals surface area contributed by atoms with Crippen molar-refractivity contribution >= 4 is 11.8 Å². The van der Waals surface area contributed by atoms with E-state index in [4.69, 9.17) is 0 Å². The van der Waals surface area contributed by atoms with Gasteiger partial charge < -0.3 is 10.6 Å². The lowest BCUT2D eigenvalue weighted by Crippen LogP contribution is -2.61. The summed E-state index contributed by atoms with van der Waals surface area (Å²) in [5.74, 6) is -0.101. The van der Waals surface area contributed by atoms with E-state index in [1.165, 1.54) is 5.56 Å². The molecule has 1 fully saturated rings. The number of unbranched alkanes of at least 4 members (excludes halogenated alkanes) is 1. The summed E-state index contributed by atoms with van der Waals surface area (Å²) in [7, 11) is 0. The van der Waals surface area contributed by atoms with Crippen LogP contribution in [-0.4, -0.2) is 24.4 Å². The Labute approximate surface area is 107 Å². The molecule has 2 amide bonds. The molecule has 4 heteroatoms. The van der Waals surface area contributed by atoms with Crippen LogP contribution in [0.3, 0.4) is 0 Å². The lowest BCUT2D eigenvalue weighted by atomic mass is 10.1. The summed E-state index contributed by atoms with van der Waals surface area (Å²) in [6.07, 6.45) is 3.35. The van der Waals surface area contributed by atoms with E-state index in [2.05, 4.69) is 22.8 Å². The monoisotopic (exact) mass is 246 g/mol. The molecule has 1 aromatic rings. The molecule has 4 nitrogen and oxygen atoms in total. The highest BCUT2D eigenvalue weighted by atomic mass is 16.2. The molecule has 0 aromatic heterocycles. The van der Waals surface area contributed by atoms with Gasteiger partial charge in [-0.1, -0.05) is 30.3 Å². The van der Waals surface area contributed by atoms with Gasteiger partial charge in [0.25, 0.3) is 0 Å². The van der Waals surface area contributed by atoms with Crippen molar-refractivity contribution in [3.8, 4) is 0 Å². The van der Waals surface area contributed by atoms with Crippen LogP contribution >= 0.6 is 0 Å². The number of carbonyl (C=O) groups is 2. The number of rotatable bonds is 6. The fourth-order valence-electron chi connectivity index (χ4n) is 1.93. The van der Waals surface area contributed by atoms with Crippen LogP contribution in [0.5, 0.6) is 0 Å². The fourth-order valence-corrected chi connectivity index (χ4v) is 1.93. The smallest absolute Gasteiger partial charge is 0.244 e. The Morgan fingerprint density at radius 3 is 2.67 bits per heavy atom. The highest BCUT2D eigenvalue weighted by Crippen LogP contribution is 2.06. The maximum Gasteiger partial charge on any atom is 0.244 e. The minimum Gasteiger partial charge on any atom is -0.352 e. The number of hydrogen-bond acceptors (Lipinski definition) is 2. The molecule has 2 N–H and O–H groups in total. The van der Waals surface area contributed by atoms with Crippen molar-refractivity contribution < 1.29 is 9.59 Å². The molecule has 96 valence electrons. The predicted molar refractivity (Wildman–Crippen MR) is 68.9 cm³/mol. The van der Waals surface area contributed by atoms with E-state index in [-0.39, 0.29) is 17.9 Å². The first kappa shape index (κ1) is 12.6. The topological polar surface area (TPSA) is 58.2 Å². The second-order valence-electron chi connectivity index (χ2n) is 4.56. The third-order valence-corrected chi connectivity index (χ3v) is 3.09. The predicted octanol–water partition coefficient (Wildman–Crippen LogP) is 1.01. The van der Waals surface area contributed by atoms with Gasteiger partial charge in [-0.3, -0.25) is 9.59 Å². The van der Waals surface area contributed by atoms with Crippen molar-refractivity contribution in [2.24, 2.45) is 0 Å². The number of carbonyl (C=O) groups excluding carboxylic acids is 2. The Morgan fingerprint density at radius 1 is 1.28 bits per heavy atom. The SMILES string of the molecule is O=C(CCCCc1ccccc1)N[C@H]1CNC1=O. The maximum atomic E-state index is 11.5. The third kappa shape index (κ3) is 3.58. The first-order valence-electron chi connectivity index (χ1n) is 6.37. The van der Waals surface area contributed by atoms with Gasteiger partial charge in [0.15, 0.2) is 0 Å². The highest BCUT2D eigenvalue weighted by molar-refractivity contribution is 5.92. The molecule has 0 aliphatic carbocycles. The van der Waals surface area contributed by atoms with Gasteiger partial charge in [-0.05, 0) is 24.8 Å². The molecule has 0 radical (unpaired) electrons. The van der Waals surface area contributed by atoms with Gasteiger partial charge in [-0.2, -0.15) is 0 Å². The van der Waals surface area contributed by atoms with Gasteiger partial charge in [0.1, 0.15) is 6.04 Å². The molecule has 1 atom stereocenters. The maximum absolute atomic E-state index is 11.5. The number of amides is 2. The summed E-state index contributed by atoms with van der Waals surface area (Å²) >= 11 is 0. The number of hydrogen-bond donors (Lipinski definition) is 2. The van der Waals surface area contributed by atoms with Crippen LogP contribution in [0.25, 0.3) is 0 Å². The largest absolute Gasteiger partial charge is 0.352 e. The lowest BCUT2D eigenvalue weighted by Gasteiger charge is -2.26. The molecule has 0 unspecified atom stereocenters. The number of nitrogens with one attached hydrogen (secondary N) is 2. The van der Waals surface area contributed by atoms with Crippen molar-refractivity contribution in [3.63, 3.8) is 0 Å². The molecule has 0 saturated carbocycles. The summed E-state index contributed by atoms with van der Waals surface area (Å²) in [6, 6.07) is 9.94. The van der Waals surface area contributed by atoms with E-state index in [9.17, 15) is 9.59 Å². The van der Waals surface area contributed by atoms with Crippen molar-refractivity contribution in [2.75, 3.05) is 6.54 Å². The summed E-state index contributed by atoms with van der Waals surface area (Å²) in [5.41, 5.74) is 1.30. The van der Waals surface area contributed by atoms with Gasteiger partial charge in [-0.25, -0.2) is 0 Å². The number of aryl methyl sites for hydroxylation is 1. The van der Waals surface area contributed by atoms with E-state index in [1.807, 2.05) is 18.2 Å². The van der Waals surface area contributed by atoms with Crippen LogP contribution in [0.4, 0.5) is 0 Å². The molecule has 0 spiro atoms. The Hall–Kier alpha value is -1.84. The number of benzene rings is 1. The Morgan fingerprint density at radius 2 is 2.06 bits per heavy atom. The van der Waals surface area contributed by atoms with Crippen LogP contribution in [-0.2, 0) is 16.0 Å². The van der Waals surface area contributed by atoms with Crippen LogP contribution in [0, 0.1) is 0 Å². The molecule has 18 heavy (non-hydrogen) atoms. The van der Waals surface area contributed by atoms with E-state index >= 15 is 0 Å². The number of β-lactam (4-membered cyclic amide) rings is 1. The molecular weight excluding hydrogens is 228 g/mol. The zero-order valence-corrected chi connectivity index (χ0v) is 10.3. The van der Waals surface area contributed by atoms with E-state index < -0.39 is 0 Å². The minimum atomic E-state index is -0.299. The Kier molecular flexibility index (Phi) is 4.34. The van der Waals surface area contributed by atoms with E-state index in [0.29, 0.717) is 13.0 Å². The normalized spacial score (nSPS) is 17.8. The standard InChI is InChI=1S/C14H18N2O2/c17-13(16-12-10-15-14(12)18)9-5-4-8-11-6-2-1-3-7-11/h1-3,6-7,12H,4-5,8-10H2,(H,15,18)(H,16,17)/t12-/m0/s1. The Bertz CT molecular complexity index is 417. The minimum absolute atomic E-state index is 0.0251. The van der Waals surface area contributed by atoms with Crippen molar-refractivity contribution in [1.29, 1.82) is 0 Å². The molecule has 1 aromatic carbocycles. The molecule has 1 aliphatic rings. The zero-order valence-electron chi connectivity index (χ0n) is 10.3. The molecule has 1 aliphatic heterocycles. The second kappa shape index (κ2) is 6.19. The van der Waals surface area contributed by atoms with E-state index in [1.54, 1.807) is 0 Å². The van der Waals surface area contributed by atoms with E-state index in [0.717, 1.165) is 19.3 Å². The molecular formula is C14H18N2O2. The van der Waals surface area contributed by atoms with Crippen molar-refractivity contribution in [2.45, 2.75) is 31.7 Å². The summed E-state index contributed by atoms with van der Waals surface area (Å²) < 4.78 is 0. The van der Waals surface area contributed by atoms with Crippen LogP contribution < -0.4 is 10.6 Å². The Balaban J connectivity index is 1.58. The average Bonchev–Trinajstić information content (AvgIpc) is 2.40. The lowest BCUT2D eigenvalue weighted by molar-refractivity contribution is -0.133. The van der Waals surface area contributed by atoms with Gasteiger partial charge in [-0.15, -0.1) is 0 Å². The average molecular weight is 246 g/mol. The molecule has 1 heterocycles. The highest BCUT2D eigenvalue weighted by Gasteiger charge is 2.28. The zero-order chi connectivity index (χ0) is 12.8. The molecule has 1 saturated heterocycles. The first-order chi connectivity index (χ1) is 8.75. The van der Waals surface area contributed by atoms with Crippen molar-refractivity contribution in [1.82, 2.24) is 10.6 Å². The molecule has 2 rings (SSSR count). The fraction of sp³-hybridized carbons (Fsp3) is 0.429. The first-order valence-corrected chi connectivity index (χ1v) is 6.37. The van der Waals surface area contributed by atoms with Crippen LogP contribution in [0.1, 0.15) is 24.8 Å². The summed E-state index contributed by atoms with van der Waals surface area (Å²) in [6.45, 7) is 0.564. The molecule has 0 bridgehead atoms. The second-order valence-corrected chi connectivity index (χ2v) is 4.56. The summed E-state index contributed by atoms with van der Waals surface area (Å²) in [4.78, 5) is 22.5. The van der Waals surface area contributed by atoms with Gasteiger partial charge >= 0.3 is 0 Å². The van der Waals surface area contributed by atoms with Crippen LogP contribution in [0.15, 0.2) is 30.3 Å². The summed E-state index contributed by atoms with van der Waals surface area (Å²) in [5, 5.41) is 5.31. The van der Waals surface area contributed by atoms with Gasteiger partial charge in [0.2, 0.25) is 11.8 Å².